The number of carbonyl (C=O) groups excluding carboxylic acids is 2. The van der Waals surface area contributed by atoms with Crippen LogP contribution in [0.3, 0.4) is 0 Å². The molecule has 1 unspecified atom stereocenters. The van der Waals surface area contributed by atoms with E-state index in [0.717, 1.165) is 10.8 Å². The molecule has 1 heterocycles. The SMILES string of the molecule is C#CCN1C(=O)C(O)(CC(=O)c2cccc3ccccc23)c2cc(Br)ccc21. The maximum absolute atomic E-state index is 13.1. The highest BCUT2D eigenvalue weighted by Gasteiger charge is 2.50. The van der Waals surface area contributed by atoms with Crippen LogP contribution in [0.1, 0.15) is 22.3 Å². The fraction of sp³-hybridized carbons (Fsp3) is 0.130. The first-order valence-electron chi connectivity index (χ1n) is 8.74. The van der Waals surface area contributed by atoms with Gasteiger partial charge >= 0.3 is 0 Å². The Kier molecular flexibility index (Phi) is 4.54. The zero-order valence-corrected chi connectivity index (χ0v) is 16.4. The number of nitrogens with zero attached hydrogens (tertiary/aromatic N) is 1. The third kappa shape index (κ3) is 2.82. The highest BCUT2D eigenvalue weighted by atomic mass is 79.9. The highest BCUT2D eigenvalue weighted by molar-refractivity contribution is 9.10. The molecule has 3 aromatic carbocycles. The summed E-state index contributed by atoms with van der Waals surface area (Å²) in [5.41, 5.74) is -0.564. The number of hydrogen-bond donors (Lipinski definition) is 1. The van der Waals surface area contributed by atoms with Crippen molar-refractivity contribution in [3.05, 3.63) is 76.3 Å². The average Bonchev–Trinajstić information content (AvgIpc) is 2.89. The van der Waals surface area contributed by atoms with Crippen LogP contribution >= 0.6 is 15.9 Å². The minimum Gasteiger partial charge on any atom is -0.375 e. The molecule has 4 rings (SSSR count). The van der Waals surface area contributed by atoms with E-state index in [1.54, 1.807) is 30.3 Å². The van der Waals surface area contributed by atoms with Gasteiger partial charge in [0.15, 0.2) is 11.4 Å². The van der Waals surface area contributed by atoms with Crippen molar-refractivity contribution < 1.29 is 14.7 Å². The zero-order valence-electron chi connectivity index (χ0n) is 14.9. The number of ketones is 1. The minimum atomic E-state index is -1.95. The number of Topliss-reactive ketones (excluding diaryl/α,β-unsaturated/α-hetero) is 1. The number of benzene rings is 3. The van der Waals surface area contributed by atoms with Crippen LogP contribution in [0.4, 0.5) is 5.69 Å². The lowest BCUT2D eigenvalue weighted by Gasteiger charge is -2.22. The molecule has 1 atom stereocenters. The molecule has 138 valence electrons. The number of amides is 1. The summed E-state index contributed by atoms with van der Waals surface area (Å²) in [7, 11) is 0. The van der Waals surface area contributed by atoms with Crippen LogP contribution in [0, 0.1) is 12.3 Å². The first kappa shape index (κ1) is 18.4. The second-order valence-corrected chi connectivity index (χ2v) is 7.66. The molecule has 0 aliphatic carbocycles. The van der Waals surface area contributed by atoms with E-state index in [9.17, 15) is 14.7 Å². The van der Waals surface area contributed by atoms with E-state index >= 15 is 0 Å². The van der Waals surface area contributed by atoms with Gasteiger partial charge in [-0.2, -0.15) is 0 Å². The molecule has 1 aliphatic heterocycles. The molecule has 0 radical (unpaired) electrons. The van der Waals surface area contributed by atoms with E-state index in [2.05, 4.69) is 21.9 Å². The lowest BCUT2D eigenvalue weighted by atomic mass is 9.87. The smallest absolute Gasteiger partial charge is 0.265 e. The lowest BCUT2D eigenvalue weighted by molar-refractivity contribution is -0.135. The van der Waals surface area contributed by atoms with Crippen molar-refractivity contribution in [3.63, 3.8) is 0 Å². The van der Waals surface area contributed by atoms with Gasteiger partial charge in [-0.3, -0.25) is 14.5 Å². The Morgan fingerprint density at radius 2 is 1.89 bits per heavy atom. The molecular formula is C23H16BrNO3. The largest absolute Gasteiger partial charge is 0.375 e. The van der Waals surface area contributed by atoms with Crippen molar-refractivity contribution in [1.82, 2.24) is 0 Å². The third-order valence-corrected chi connectivity index (χ3v) is 5.54. The van der Waals surface area contributed by atoms with Crippen LogP contribution in [-0.4, -0.2) is 23.3 Å². The first-order chi connectivity index (χ1) is 13.5. The molecule has 4 nitrogen and oxygen atoms in total. The Labute approximate surface area is 170 Å². The summed E-state index contributed by atoms with van der Waals surface area (Å²) in [5.74, 6) is 1.56. The van der Waals surface area contributed by atoms with Gasteiger partial charge in [-0.15, -0.1) is 6.42 Å². The van der Waals surface area contributed by atoms with Gasteiger partial charge in [0.2, 0.25) is 0 Å². The predicted molar refractivity (Wildman–Crippen MR) is 112 cm³/mol. The van der Waals surface area contributed by atoms with E-state index in [-0.39, 0.29) is 18.7 Å². The van der Waals surface area contributed by atoms with E-state index in [1.807, 2.05) is 30.3 Å². The summed E-state index contributed by atoms with van der Waals surface area (Å²) in [6.07, 6.45) is 5.04. The van der Waals surface area contributed by atoms with Crippen molar-refractivity contribution in [1.29, 1.82) is 0 Å². The molecule has 0 bridgehead atoms. The van der Waals surface area contributed by atoms with Gasteiger partial charge in [-0.25, -0.2) is 0 Å². The normalized spacial score (nSPS) is 18.2. The van der Waals surface area contributed by atoms with Crippen molar-refractivity contribution in [2.75, 3.05) is 11.4 Å². The van der Waals surface area contributed by atoms with Crippen LogP contribution in [0.5, 0.6) is 0 Å². The van der Waals surface area contributed by atoms with E-state index < -0.39 is 11.5 Å². The Hall–Kier alpha value is -2.94. The second kappa shape index (κ2) is 6.90. The lowest BCUT2D eigenvalue weighted by Crippen LogP contribution is -2.42. The monoisotopic (exact) mass is 433 g/mol. The number of halogens is 1. The van der Waals surface area contributed by atoms with Crippen molar-refractivity contribution in [2.24, 2.45) is 0 Å². The van der Waals surface area contributed by atoms with Crippen molar-refractivity contribution in [3.8, 4) is 12.3 Å². The van der Waals surface area contributed by atoms with Gasteiger partial charge in [-0.05, 0) is 29.0 Å². The fourth-order valence-corrected chi connectivity index (χ4v) is 4.10. The van der Waals surface area contributed by atoms with Crippen LogP contribution in [0.25, 0.3) is 10.8 Å². The number of carbonyl (C=O) groups is 2. The summed E-state index contributed by atoms with van der Waals surface area (Å²) < 4.78 is 0.706. The summed E-state index contributed by atoms with van der Waals surface area (Å²) in [4.78, 5) is 27.5. The van der Waals surface area contributed by atoms with Crippen LogP contribution in [0.15, 0.2) is 65.1 Å². The van der Waals surface area contributed by atoms with E-state index in [1.165, 1.54) is 4.90 Å². The van der Waals surface area contributed by atoms with E-state index in [4.69, 9.17) is 6.42 Å². The maximum atomic E-state index is 13.1. The Morgan fingerprint density at radius 3 is 2.68 bits per heavy atom. The Morgan fingerprint density at radius 1 is 1.14 bits per heavy atom. The molecule has 5 heteroatoms. The van der Waals surface area contributed by atoms with Gasteiger partial charge in [0.25, 0.3) is 5.91 Å². The fourth-order valence-electron chi connectivity index (χ4n) is 3.74. The molecule has 0 saturated heterocycles. The second-order valence-electron chi connectivity index (χ2n) is 6.74. The van der Waals surface area contributed by atoms with Crippen molar-refractivity contribution >= 4 is 44.1 Å². The van der Waals surface area contributed by atoms with Gasteiger partial charge in [0.1, 0.15) is 0 Å². The van der Waals surface area contributed by atoms with Crippen LogP contribution < -0.4 is 4.90 Å². The van der Waals surface area contributed by atoms with Gasteiger partial charge in [-0.1, -0.05) is 64.3 Å². The molecule has 1 amide bonds. The predicted octanol–water partition coefficient (Wildman–Crippen LogP) is 4.04. The zero-order chi connectivity index (χ0) is 19.9. The number of anilines is 1. The van der Waals surface area contributed by atoms with Gasteiger partial charge in [0, 0.05) is 15.6 Å². The molecule has 0 saturated carbocycles. The highest BCUT2D eigenvalue weighted by Crippen LogP contribution is 2.44. The third-order valence-electron chi connectivity index (χ3n) is 5.05. The Balaban J connectivity index is 1.78. The molecule has 0 aromatic heterocycles. The molecule has 1 N–H and O–H groups in total. The van der Waals surface area contributed by atoms with Crippen LogP contribution in [0.2, 0.25) is 0 Å². The maximum Gasteiger partial charge on any atom is 0.265 e. The van der Waals surface area contributed by atoms with Gasteiger partial charge < -0.3 is 5.11 Å². The molecule has 28 heavy (non-hydrogen) atoms. The number of terminal acetylenes is 1. The quantitative estimate of drug-likeness (QED) is 0.498. The molecule has 0 fully saturated rings. The van der Waals surface area contributed by atoms with Crippen LogP contribution in [-0.2, 0) is 10.4 Å². The first-order valence-corrected chi connectivity index (χ1v) is 9.54. The van der Waals surface area contributed by atoms with Crippen molar-refractivity contribution in [2.45, 2.75) is 12.0 Å². The standard InChI is InChI=1S/C23H16BrNO3/c1-2-12-25-20-11-10-16(24)13-19(20)23(28,22(25)27)14-21(26)18-9-5-7-15-6-3-4-8-17(15)18/h1,3-11,13,28H,12,14H2. The molecule has 1 aliphatic rings. The number of fused-ring (bicyclic) bond motifs is 2. The van der Waals surface area contributed by atoms with E-state index in [0.29, 0.717) is 21.3 Å². The summed E-state index contributed by atoms with van der Waals surface area (Å²) in [5, 5.41) is 13.1. The summed E-state index contributed by atoms with van der Waals surface area (Å²) in [6, 6.07) is 18.1. The summed E-state index contributed by atoms with van der Waals surface area (Å²) >= 11 is 3.37. The number of rotatable bonds is 4. The topological polar surface area (TPSA) is 57.6 Å². The number of aliphatic hydroxyl groups is 1. The Bertz CT molecular complexity index is 1160. The molecule has 0 spiro atoms. The minimum absolute atomic E-state index is 0.0260. The average molecular weight is 434 g/mol. The van der Waals surface area contributed by atoms with Gasteiger partial charge in [0.05, 0.1) is 18.7 Å². The molecule has 3 aromatic rings. The molecular weight excluding hydrogens is 418 g/mol. The summed E-state index contributed by atoms with van der Waals surface area (Å²) in [6.45, 7) is 0.0260. The number of hydrogen-bond acceptors (Lipinski definition) is 3.